The number of aromatic nitrogens is 2. The summed E-state index contributed by atoms with van der Waals surface area (Å²) in [6.07, 6.45) is 5.21. The molecule has 1 aromatic heterocycles. The molecule has 1 aliphatic carbocycles. The van der Waals surface area contributed by atoms with E-state index in [2.05, 4.69) is 28.8 Å². The first-order valence-electron chi connectivity index (χ1n) is 7.11. The molecule has 2 unspecified atom stereocenters. The SMILES string of the molecule is CC1CCCC(N(C)c2nc3ccc(N)cc3[nH]2)C1. The molecule has 3 N–H and O–H groups in total. The lowest BCUT2D eigenvalue weighted by atomic mass is 9.86. The Labute approximate surface area is 114 Å². The highest BCUT2D eigenvalue weighted by molar-refractivity contribution is 5.80. The summed E-state index contributed by atoms with van der Waals surface area (Å²) in [7, 11) is 2.14. The third kappa shape index (κ3) is 2.39. The molecule has 4 nitrogen and oxygen atoms in total. The maximum absolute atomic E-state index is 5.81. The molecular weight excluding hydrogens is 236 g/mol. The molecule has 0 spiro atoms. The Bertz CT molecular complexity index is 575. The van der Waals surface area contributed by atoms with Crippen LogP contribution in [-0.2, 0) is 0 Å². The van der Waals surface area contributed by atoms with Gasteiger partial charge in [-0.25, -0.2) is 4.98 Å². The molecule has 1 aromatic carbocycles. The average molecular weight is 258 g/mol. The molecule has 1 saturated carbocycles. The zero-order chi connectivity index (χ0) is 13.4. The molecule has 2 atom stereocenters. The van der Waals surface area contributed by atoms with Crippen LogP contribution in [0.2, 0.25) is 0 Å². The summed E-state index contributed by atoms with van der Waals surface area (Å²) in [4.78, 5) is 10.3. The molecule has 0 saturated heterocycles. The molecule has 0 bridgehead atoms. The number of hydrogen-bond donors (Lipinski definition) is 2. The second-order valence-electron chi connectivity index (χ2n) is 5.87. The zero-order valence-corrected chi connectivity index (χ0v) is 11.7. The third-order valence-corrected chi connectivity index (χ3v) is 4.28. The Morgan fingerprint density at radius 2 is 2.21 bits per heavy atom. The van der Waals surface area contributed by atoms with Crippen LogP contribution in [0.1, 0.15) is 32.6 Å². The normalized spacial score (nSPS) is 23.7. The fraction of sp³-hybridized carbons (Fsp3) is 0.533. The summed E-state index contributed by atoms with van der Waals surface area (Å²) in [6.45, 7) is 2.35. The van der Waals surface area contributed by atoms with Gasteiger partial charge in [0.1, 0.15) is 0 Å². The smallest absolute Gasteiger partial charge is 0.203 e. The molecule has 3 rings (SSSR count). The molecule has 0 aliphatic heterocycles. The highest BCUT2D eigenvalue weighted by Crippen LogP contribution is 2.29. The van der Waals surface area contributed by atoms with Crippen LogP contribution >= 0.6 is 0 Å². The van der Waals surface area contributed by atoms with Crippen LogP contribution in [0.4, 0.5) is 11.6 Å². The van der Waals surface area contributed by atoms with Crippen LogP contribution in [0, 0.1) is 5.92 Å². The largest absolute Gasteiger partial charge is 0.399 e. The Hall–Kier alpha value is -1.71. The number of benzene rings is 1. The van der Waals surface area contributed by atoms with Crippen LogP contribution < -0.4 is 10.6 Å². The molecular formula is C15H22N4. The van der Waals surface area contributed by atoms with E-state index >= 15 is 0 Å². The molecule has 2 aromatic rings. The number of imidazole rings is 1. The van der Waals surface area contributed by atoms with E-state index in [1.807, 2.05) is 18.2 Å². The van der Waals surface area contributed by atoms with E-state index < -0.39 is 0 Å². The number of anilines is 2. The summed E-state index contributed by atoms with van der Waals surface area (Å²) in [5, 5.41) is 0. The number of nitrogens with one attached hydrogen (secondary N) is 1. The van der Waals surface area contributed by atoms with E-state index in [0.29, 0.717) is 6.04 Å². The molecule has 1 aliphatic rings. The summed E-state index contributed by atoms with van der Waals surface area (Å²) < 4.78 is 0. The first-order chi connectivity index (χ1) is 9.13. The zero-order valence-electron chi connectivity index (χ0n) is 11.7. The van der Waals surface area contributed by atoms with Crippen molar-refractivity contribution in [3.63, 3.8) is 0 Å². The quantitative estimate of drug-likeness (QED) is 0.813. The van der Waals surface area contributed by atoms with Crippen molar-refractivity contribution >= 4 is 22.7 Å². The van der Waals surface area contributed by atoms with Gasteiger partial charge in [0, 0.05) is 18.8 Å². The Kier molecular flexibility index (Phi) is 3.09. The van der Waals surface area contributed by atoms with Gasteiger partial charge in [0.15, 0.2) is 0 Å². The summed E-state index contributed by atoms with van der Waals surface area (Å²) in [5.74, 6) is 1.78. The van der Waals surface area contributed by atoms with Crippen molar-refractivity contribution in [3.05, 3.63) is 18.2 Å². The standard InChI is InChI=1S/C15H22N4/c1-10-4-3-5-12(8-10)19(2)15-17-13-7-6-11(16)9-14(13)18-15/h6-7,9-10,12H,3-5,8,16H2,1-2H3,(H,17,18). The van der Waals surface area contributed by atoms with E-state index in [0.717, 1.165) is 28.6 Å². The van der Waals surface area contributed by atoms with Crippen molar-refractivity contribution in [2.75, 3.05) is 17.7 Å². The third-order valence-electron chi connectivity index (χ3n) is 4.28. The van der Waals surface area contributed by atoms with Gasteiger partial charge in [-0.2, -0.15) is 0 Å². The van der Waals surface area contributed by atoms with Gasteiger partial charge >= 0.3 is 0 Å². The average Bonchev–Trinajstić information content (AvgIpc) is 2.80. The van der Waals surface area contributed by atoms with Gasteiger partial charge in [0.25, 0.3) is 0 Å². The summed E-state index contributed by atoms with van der Waals surface area (Å²) in [6, 6.07) is 6.42. The van der Waals surface area contributed by atoms with Crippen LogP contribution in [0.15, 0.2) is 18.2 Å². The first kappa shape index (κ1) is 12.3. The van der Waals surface area contributed by atoms with Gasteiger partial charge in [0.05, 0.1) is 11.0 Å². The number of nitrogens with two attached hydrogens (primary N) is 1. The Balaban J connectivity index is 1.86. The maximum atomic E-state index is 5.81. The summed E-state index contributed by atoms with van der Waals surface area (Å²) >= 11 is 0. The maximum Gasteiger partial charge on any atom is 0.203 e. The number of hydrogen-bond acceptors (Lipinski definition) is 3. The molecule has 102 valence electrons. The number of nitrogens with zero attached hydrogens (tertiary/aromatic N) is 2. The first-order valence-corrected chi connectivity index (χ1v) is 7.11. The Morgan fingerprint density at radius 3 is 3.00 bits per heavy atom. The van der Waals surface area contributed by atoms with E-state index in [-0.39, 0.29) is 0 Å². The molecule has 1 fully saturated rings. The van der Waals surface area contributed by atoms with Gasteiger partial charge in [-0.1, -0.05) is 19.8 Å². The predicted molar refractivity (Wildman–Crippen MR) is 80.3 cm³/mol. The van der Waals surface area contributed by atoms with Crippen LogP contribution in [0.25, 0.3) is 11.0 Å². The monoisotopic (exact) mass is 258 g/mol. The van der Waals surface area contributed by atoms with Crippen molar-refractivity contribution in [2.24, 2.45) is 5.92 Å². The van der Waals surface area contributed by atoms with Crippen LogP contribution in [0.3, 0.4) is 0 Å². The highest BCUT2D eigenvalue weighted by Gasteiger charge is 2.24. The number of rotatable bonds is 2. The minimum atomic E-state index is 0.599. The number of H-pyrrole nitrogens is 1. The van der Waals surface area contributed by atoms with Crippen molar-refractivity contribution < 1.29 is 0 Å². The minimum absolute atomic E-state index is 0.599. The minimum Gasteiger partial charge on any atom is -0.399 e. The number of aromatic amines is 1. The molecule has 1 heterocycles. The van der Waals surface area contributed by atoms with Crippen LogP contribution in [0.5, 0.6) is 0 Å². The number of fused-ring (bicyclic) bond motifs is 1. The Morgan fingerprint density at radius 1 is 1.37 bits per heavy atom. The lowest BCUT2D eigenvalue weighted by Gasteiger charge is -2.33. The fourth-order valence-electron chi connectivity index (χ4n) is 3.11. The van der Waals surface area contributed by atoms with Gasteiger partial charge in [0.2, 0.25) is 5.95 Å². The topological polar surface area (TPSA) is 57.9 Å². The highest BCUT2D eigenvalue weighted by atomic mass is 15.3. The van der Waals surface area contributed by atoms with Gasteiger partial charge in [-0.05, 0) is 37.0 Å². The number of nitrogen functional groups attached to an aromatic ring is 1. The molecule has 19 heavy (non-hydrogen) atoms. The second kappa shape index (κ2) is 4.76. The fourth-order valence-corrected chi connectivity index (χ4v) is 3.11. The lowest BCUT2D eigenvalue weighted by molar-refractivity contribution is 0.335. The summed E-state index contributed by atoms with van der Waals surface area (Å²) in [5.41, 5.74) is 8.59. The van der Waals surface area contributed by atoms with E-state index in [9.17, 15) is 0 Å². The van der Waals surface area contributed by atoms with E-state index in [1.165, 1.54) is 25.7 Å². The second-order valence-corrected chi connectivity index (χ2v) is 5.87. The van der Waals surface area contributed by atoms with Crippen molar-refractivity contribution in [1.29, 1.82) is 0 Å². The van der Waals surface area contributed by atoms with Gasteiger partial charge in [-0.15, -0.1) is 0 Å². The van der Waals surface area contributed by atoms with Crippen LogP contribution in [-0.4, -0.2) is 23.1 Å². The molecule has 0 radical (unpaired) electrons. The van der Waals surface area contributed by atoms with Crippen molar-refractivity contribution in [1.82, 2.24) is 9.97 Å². The van der Waals surface area contributed by atoms with Gasteiger partial charge < -0.3 is 15.6 Å². The van der Waals surface area contributed by atoms with E-state index in [1.54, 1.807) is 0 Å². The van der Waals surface area contributed by atoms with Gasteiger partial charge in [-0.3, -0.25) is 0 Å². The van der Waals surface area contributed by atoms with E-state index in [4.69, 9.17) is 5.73 Å². The van der Waals surface area contributed by atoms with Crippen molar-refractivity contribution in [2.45, 2.75) is 38.6 Å². The molecule has 0 amide bonds. The van der Waals surface area contributed by atoms with Crippen molar-refractivity contribution in [3.8, 4) is 0 Å². The molecule has 4 heteroatoms. The lowest BCUT2D eigenvalue weighted by Crippen LogP contribution is -2.36. The predicted octanol–water partition coefficient (Wildman–Crippen LogP) is 3.16.